The van der Waals surface area contributed by atoms with Crippen molar-refractivity contribution in [2.75, 3.05) is 26.2 Å². The molecule has 0 N–H and O–H groups in total. The van der Waals surface area contributed by atoms with Crippen molar-refractivity contribution in [2.24, 2.45) is 23.7 Å². The molecule has 118 valence electrons. The van der Waals surface area contributed by atoms with Crippen LogP contribution in [-0.4, -0.2) is 26.2 Å². The molecule has 0 saturated carbocycles. The zero-order valence-electron chi connectivity index (χ0n) is 12.5. The van der Waals surface area contributed by atoms with Gasteiger partial charge in [0.05, 0.1) is 0 Å². The summed E-state index contributed by atoms with van der Waals surface area (Å²) < 4.78 is 0. The Morgan fingerprint density at radius 2 is 0.895 bits per heavy atom. The third kappa shape index (κ3) is 13.5. The van der Waals surface area contributed by atoms with E-state index in [1.54, 1.807) is 0 Å². The number of halogens is 2. The molecule has 0 bridgehead atoms. The predicted octanol–water partition coefficient (Wildman–Crippen LogP) is 5.84. The second kappa shape index (κ2) is 13.7. The van der Waals surface area contributed by atoms with Crippen LogP contribution >= 0.6 is 38.7 Å². The van der Waals surface area contributed by atoms with Gasteiger partial charge in [0, 0.05) is 0 Å². The van der Waals surface area contributed by atoms with Gasteiger partial charge in [-0.3, -0.25) is 0 Å². The molecular weight excluding hydrogens is 645 g/mol. The summed E-state index contributed by atoms with van der Waals surface area (Å²) >= 11 is 5.30. The van der Waals surface area contributed by atoms with Crippen molar-refractivity contribution in [2.45, 2.75) is 40.5 Å². The first kappa shape index (κ1) is 21.1. The molecule has 4 atom stereocenters. The monoisotopic (exact) mass is 673 g/mol. The van der Waals surface area contributed by atoms with Gasteiger partial charge in [-0.1, -0.05) is 64.2 Å². The summed E-state index contributed by atoms with van der Waals surface area (Å²) in [4.78, 5) is 0. The van der Waals surface area contributed by atoms with Gasteiger partial charge >= 0.3 is 49.9 Å². The summed E-state index contributed by atoms with van der Waals surface area (Å²) in [5, 5.41) is 8.68. The van der Waals surface area contributed by atoms with Crippen molar-refractivity contribution in [1.29, 1.82) is 0 Å². The van der Waals surface area contributed by atoms with Crippen LogP contribution in [0.15, 0.2) is 0 Å². The maximum absolute atomic E-state index is 4.34. The Kier molecular flexibility index (Phi) is 15.2. The Balaban J connectivity index is 0.000000284. The summed E-state index contributed by atoms with van der Waals surface area (Å²) in [6, 6.07) is 0. The van der Waals surface area contributed by atoms with Crippen molar-refractivity contribution < 1.29 is 11.2 Å². The van der Waals surface area contributed by atoms with E-state index in [0.717, 1.165) is 49.9 Å². The molecule has 2 nitrogen and oxygen atoms in total. The van der Waals surface area contributed by atoms with E-state index in [-0.39, 0.29) is 0 Å². The van der Waals surface area contributed by atoms with Crippen LogP contribution in [0, 0.1) is 23.7 Å². The van der Waals surface area contributed by atoms with Crippen LogP contribution in [0.5, 0.6) is 0 Å². The maximum atomic E-state index is 4.34. The fourth-order valence-electron chi connectivity index (χ4n) is 2.70. The van der Waals surface area contributed by atoms with Crippen molar-refractivity contribution in [3.05, 3.63) is 10.6 Å². The second-order valence-electron chi connectivity index (χ2n) is 6.11. The first-order chi connectivity index (χ1) is 8.99. The number of rotatable bonds is 0. The van der Waals surface area contributed by atoms with Crippen molar-refractivity contribution >= 4 is 38.7 Å². The molecule has 0 aromatic heterocycles. The minimum atomic E-state index is 0.523. The third-order valence-corrected chi connectivity index (χ3v) is 3.37. The molecule has 0 aromatic rings. The summed E-state index contributed by atoms with van der Waals surface area (Å²) in [5.74, 6) is 3.38. The van der Waals surface area contributed by atoms with Gasteiger partial charge in [0.15, 0.2) is 0 Å². The van der Waals surface area contributed by atoms with Crippen LogP contribution in [0.3, 0.4) is 0 Å². The van der Waals surface area contributed by atoms with E-state index in [9.17, 15) is 0 Å². The van der Waals surface area contributed by atoms with Crippen molar-refractivity contribution in [3.8, 4) is 0 Å². The summed E-state index contributed by atoms with van der Waals surface area (Å²) in [6.07, 6.45) is 2.76. The van der Waals surface area contributed by atoms with E-state index in [0.29, 0.717) is 11.2 Å². The fraction of sp³-hybridized carbons (Fsp3) is 1.00. The molecule has 0 aliphatic carbocycles. The topological polar surface area (TPSA) is 28.2 Å². The quantitative estimate of drug-likeness (QED) is 0.290. The first-order valence-corrected chi connectivity index (χ1v) is 20.0. The zero-order chi connectivity index (χ0) is 14.7. The zero-order valence-corrected chi connectivity index (χ0v) is 19.1. The molecule has 0 amide bonds. The fourth-order valence-corrected chi connectivity index (χ4v) is 2.70. The first-order valence-electron chi connectivity index (χ1n) is 7.08. The van der Waals surface area contributed by atoms with Gasteiger partial charge < -0.3 is 10.6 Å². The van der Waals surface area contributed by atoms with Crippen LogP contribution in [0.25, 0.3) is 10.6 Å². The van der Waals surface area contributed by atoms with Gasteiger partial charge in [-0.2, -0.15) is 0 Å². The Hall–Kier alpha value is 2.07. The van der Waals surface area contributed by atoms with Crippen molar-refractivity contribution in [3.63, 3.8) is 0 Å². The average Bonchev–Trinajstić information content (AvgIpc) is 2.30. The third-order valence-electron chi connectivity index (χ3n) is 3.37. The van der Waals surface area contributed by atoms with E-state index in [2.05, 4.69) is 77.0 Å². The molecule has 5 heteroatoms. The molecular formula is C14H28I2N2Pt. The molecule has 0 unspecified atom stereocenters. The normalized spacial score (nSPS) is 34.6. The number of hydrogen-bond donors (Lipinski definition) is 0. The molecule has 2 saturated heterocycles. The molecule has 2 rings (SSSR count). The molecule has 2 heterocycles. The van der Waals surface area contributed by atoms with Gasteiger partial charge in [0.2, 0.25) is 0 Å². The molecule has 2 fully saturated rings. The van der Waals surface area contributed by atoms with Crippen LogP contribution in [0.4, 0.5) is 0 Å². The molecule has 2 aliphatic rings. The van der Waals surface area contributed by atoms with E-state index in [1.807, 2.05) is 0 Å². The Morgan fingerprint density at radius 1 is 0.684 bits per heavy atom. The summed E-state index contributed by atoms with van der Waals surface area (Å²) in [5.41, 5.74) is 0. The minimum absolute atomic E-state index is 0.523. The molecule has 19 heavy (non-hydrogen) atoms. The van der Waals surface area contributed by atoms with Crippen LogP contribution in [0.1, 0.15) is 40.5 Å². The molecule has 0 spiro atoms. The van der Waals surface area contributed by atoms with Gasteiger partial charge in [0.25, 0.3) is 0 Å². The van der Waals surface area contributed by atoms with E-state index < -0.39 is 0 Å². The van der Waals surface area contributed by atoms with Gasteiger partial charge in [-0.05, 0) is 0 Å². The van der Waals surface area contributed by atoms with Crippen molar-refractivity contribution in [1.82, 2.24) is 0 Å². The number of hydrogen-bond acceptors (Lipinski definition) is 0. The Morgan fingerprint density at radius 3 is 1.00 bits per heavy atom. The SMILES string of the molecule is C[C@@H]1C[N-]C[C@H](C)C1.C[C@H]1C[N-]C[C@H](C)C1.[I][Pt+2][I]. The standard InChI is InChI=1S/2C7H14N.2HI.Pt/c2*1-6-3-7(2)5-8-4-6;;;/h2*6-7H,3-5H2,1-2H3;2*1H;/q2*-1;;;+4/p-2/t6-,7+;6-,7-;;;/m.1.../s1. The van der Waals surface area contributed by atoms with Gasteiger partial charge in [-0.15, -0.1) is 26.2 Å². The predicted molar refractivity (Wildman–Crippen MR) is 100 cm³/mol. The average molecular weight is 673 g/mol. The van der Waals surface area contributed by atoms with Gasteiger partial charge in [-0.25, -0.2) is 0 Å². The molecule has 0 aromatic carbocycles. The molecule has 0 radical (unpaired) electrons. The Bertz CT molecular complexity index is 172. The van der Waals surface area contributed by atoms with Crippen LogP contribution < -0.4 is 0 Å². The Labute approximate surface area is 149 Å². The van der Waals surface area contributed by atoms with Gasteiger partial charge in [0.1, 0.15) is 0 Å². The second-order valence-corrected chi connectivity index (χ2v) is 22.7. The number of nitrogens with zero attached hydrogens (tertiary/aromatic N) is 2. The van der Waals surface area contributed by atoms with E-state index in [4.69, 9.17) is 0 Å². The van der Waals surface area contributed by atoms with Crippen LogP contribution in [0.2, 0.25) is 0 Å². The number of piperidine rings is 2. The summed E-state index contributed by atoms with van der Waals surface area (Å²) in [6.45, 7) is 13.5. The summed E-state index contributed by atoms with van der Waals surface area (Å²) in [7, 11) is 0. The van der Waals surface area contributed by atoms with Crippen LogP contribution in [-0.2, 0) is 11.2 Å². The van der Waals surface area contributed by atoms with E-state index >= 15 is 0 Å². The van der Waals surface area contributed by atoms with E-state index in [1.165, 1.54) is 12.8 Å². The molecule has 2 aliphatic heterocycles.